The zero-order valence-corrected chi connectivity index (χ0v) is 27.7. The van der Waals surface area contributed by atoms with Crippen molar-refractivity contribution in [2.45, 2.75) is 12.3 Å². The predicted octanol–water partition coefficient (Wildman–Crippen LogP) is 7.77. The topological polar surface area (TPSA) is 55.9 Å². The minimum Gasteiger partial charge on any atom is -0.322 e. The van der Waals surface area contributed by atoms with Crippen molar-refractivity contribution < 1.29 is 18.4 Å². The summed E-state index contributed by atoms with van der Waals surface area (Å²) in [5.41, 5.74) is 3.08. The highest BCUT2D eigenvalue weighted by Crippen LogP contribution is 2.44. The lowest BCUT2D eigenvalue weighted by Gasteiger charge is -2.32. The second-order valence-electron chi connectivity index (χ2n) is 11.6. The standard InChI is InChI=1S/C37H36F2N4O2.2ClH/c1-41-23-25-42(26-24-41)21-19-32-29-15-8-9-18-33(29)43(22-20-37(32,38)39)36(45)31-17-10-16-30(34(31)27-11-4-2-5-12-27)35(44)40-28-13-6-3-7-14-28;;/h2-19H,20-26H2,1H3,(H,40,44);2*1H. The molecule has 6 nitrogen and oxygen atoms in total. The van der Waals surface area contributed by atoms with Gasteiger partial charge < -0.3 is 15.1 Å². The Morgan fingerprint density at radius 2 is 1.38 bits per heavy atom. The molecule has 0 radical (unpaired) electrons. The number of allylic oxidation sites excluding steroid dienone is 1. The average molecular weight is 680 g/mol. The molecule has 10 heteroatoms. The van der Waals surface area contributed by atoms with Gasteiger partial charge in [-0.1, -0.05) is 78.9 Å². The lowest BCUT2D eigenvalue weighted by Crippen LogP contribution is -2.44. The maximum absolute atomic E-state index is 15.9. The lowest BCUT2D eigenvalue weighted by atomic mass is 9.92. The zero-order valence-electron chi connectivity index (χ0n) is 26.1. The van der Waals surface area contributed by atoms with Gasteiger partial charge in [0.15, 0.2) is 0 Å². The molecule has 0 aliphatic carbocycles. The number of carbonyl (C=O) groups excluding carboxylic acids is 2. The fourth-order valence-corrected chi connectivity index (χ4v) is 6.06. The molecule has 0 bridgehead atoms. The van der Waals surface area contributed by atoms with E-state index in [0.29, 0.717) is 40.2 Å². The molecule has 4 aromatic carbocycles. The third kappa shape index (κ3) is 7.91. The molecule has 0 aromatic heterocycles. The van der Waals surface area contributed by atoms with Crippen LogP contribution in [-0.4, -0.2) is 73.9 Å². The van der Waals surface area contributed by atoms with Crippen molar-refractivity contribution in [1.82, 2.24) is 9.80 Å². The number of para-hydroxylation sites is 2. The number of alkyl halides is 2. The molecule has 2 heterocycles. The van der Waals surface area contributed by atoms with Gasteiger partial charge in [0, 0.05) is 79.2 Å². The van der Waals surface area contributed by atoms with Crippen LogP contribution in [0.25, 0.3) is 16.7 Å². The average Bonchev–Trinajstić information content (AvgIpc) is 3.17. The SMILES string of the molecule is CN1CCN(CC=C2c3ccccc3N(C(=O)c3cccc(C(=O)Nc4ccccc4)c3-c3ccccc3)CCC2(F)F)CC1.Cl.Cl. The number of rotatable bonds is 6. The number of benzene rings is 4. The van der Waals surface area contributed by atoms with E-state index in [0.717, 1.165) is 26.2 Å². The van der Waals surface area contributed by atoms with Crippen LogP contribution in [0.5, 0.6) is 0 Å². The number of amides is 2. The number of hydrogen-bond donors (Lipinski definition) is 1. The minimum atomic E-state index is -3.13. The zero-order chi connectivity index (χ0) is 31.4. The van der Waals surface area contributed by atoms with Crippen LogP contribution >= 0.6 is 24.8 Å². The third-order valence-electron chi connectivity index (χ3n) is 8.56. The first kappa shape index (κ1) is 35.8. The van der Waals surface area contributed by atoms with Gasteiger partial charge in [-0.2, -0.15) is 0 Å². The molecule has 4 aromatic rings. The van der Waals surface area contributed by atoms with Gasteiger partial charge in [0.25, 0.3) is 17.7 Å². The number of halogens is 4. The molecular formula is C37H38Cl2F2N4O2. The van der Waals surface area contributed by atoms with Crippen LogP contribution in [0.2, 0.25) is 0 Å². The van der Waals surface area contributed by atoms with Gasteiger partial charge in [0.05, 0.1) is 5.69 Å². The van der Waals surface area contributed by atoms with E-state index in [1.807, 2.05) is 48.5 Å². The van der Waals surface area contributed by atoms with Gasteiger partial charge in [-0.3, -0.25) is 14.5 Å². The number of nitrogens with zero attached hydrogens (tertiary/aromatic N) is 3. The Balaban J connectivity index is 0.00000250. The van der Waals surface area contributed by atoms with Crippen molar-refractivity contribution in [3.8, 4) is 11.1 Å². The van der Waals surface area contributed by atoms with E-state index in [4.69, 9.17) is 0 Å². The fraction of sp³-hybridized carbons (Fsp3) is 0.243. The van der Waals surface area contributed by atoms with Gasteiger partial charge in [-0.25, -0.2) is 8.78 Å². The maximum Gasteiger partial charge on any atom is 0.275 e. The van der Waals surface area contributed by atoms with E-state index < -0.39 is 18.3 Å². The van der Waals surface area contributed by atoms with Crippen molar-refractivity contribution in [2.75, 3.05) is 56.5 Å². The summed E-state index contributed by atoms with van der Waals surface area (Å²) in [4.78, 5) is 34.0. The molecule has 0 spiro atoms. The Hall–Kier alpha value is -4.08. The second-order valence-corrected chi connectivity index (χ2v) is 11.6. The van der Waals surface area contributed by atoms with Crippen LogP contribution in [0.4, 0.5) is 20.2 Å². The van der Waals surface area contributed by atoms with E-state index in [1.54, 1.807) is 60.7 Å². The summed E-state index contributed by atoms with van der Waals surface area (Å²) in [5.74, 6) is -3.93. The van der Waals surface area contributed by atoms with Crippen LogP contribution in [0.3, 0.4) is 0 Å². The first-order valence-corrected chi connectivity index (χ1v) is 15.3. The number of piperazine rings is 1. The largest absolute Gasteiger partial charge is 0.322 e. The third-order valence-corrected chi connectivity index (χ3v) is 8.56. The van der Waals surface area contributed by atoms with Gasteiger partial charge in [0.2, 0.25) is 0 Å². The number of hydrogen-bond acceptors (Lipinski definition) is 4. The number of fused-ring (bicyclic) bond motifs is 1. The van der Waals surface area contributed by atoms with E-state index in [2.05, 4.69) is 22.2 Å². The number of carbonyl (C=O) groups is 2. The Labute approximate surface area is 286 Å². The summed E-state index contributed by atoms with van der Waals surface area (Å²) < 4.78 is 31.8. The molecule has 0 unspecified atom stereocenters. The van der Waals surface area contributed by atoms with Crippen LogP contribution in [0.1, 0.15) is 32.7 Å². The first-order valence-electron chi connectivity index (χ1n) is 15.3. The molecule has 2 amide bonds. The van der Waals surface area contributed by atoms with E-state index >= 15 is 8.78 Å². The van der Waals surface area contributed by atoms with Gasteiger partial charge in [-0.15, -0.1) is 24.8 Å². The molecule has 1 saturated heterocycles. The number of likely N-dealkylation sites (N-methyl/N-ethyl adjacent to an activating group) is 1. The normalized spacial score (nSPS) is 17.1. The van der Waals surface area contributed by atoms with Crippen LogP contribution < -0.4 is 10.2 Å². The quantitative estimate of drug-likeness (QED) is 0.226. The van der Waals surface area contributed by atoms with Crippen molar-refractivity contribution in [3.05, 3.63) is 126 Å². The minimum absolute atomic E-state index is 0. The molecular weight excluding hydrogens is 641 g/mol. The summed E-state index contributed by atoms with van der Waals surface area (Å²) in [6, 6.07) is 30.2. The van der Waals surface area contributed by atoms with Crippen LogP contribution in [0, 0.1) is 0 Å². The highest BCUT2D eigenvalue weighted by molar-refractivity contribution is 6.17. The fourth-order valence-electron chi connectivity index (χ4n) is 6.06. The summed E-state index contributed by atoms with van der Waals surface area (Å²) in [6.07, 6.45) is 1.12. The summed E-state index contributed by atoms with van der Waals surface area (Å²) in [5, 5.41) is 2.92. The first-order chi connectivity index (χ1) is 21.8. The summed E-state index contributed by atoms with van der Waals surface area (Å²) in [6.45, 7) is 3.65. The predicted molar refractivity (Wildman–Crippen MR) is 190 cm³/mol. The molecule has 246 valence electrons. The molecule has 0 atom stereocenters. The Morgan fingerprint density at radius 3 is 2.09 bits per heavy atom. The van der Waals surface area contributed by atoms with E-state index in [1.165, 1.54) is 4.90 Å². The summed E-state index contributed by atoms with van der Waals surface area (Å²) >= 11 is 0. The molecule has 0 saturated carbocycles. The highest BCUT2D eigenvalue weighted by atomic mass is 35.5. The second kappa shape index (κ2) is 15.7. The molecule has 1 N–H and O–H groups in total. The van der Waals surface area contributed by atoms with Crippen molar-refractivity contribution in [3.63, 3.8) is 0 Å². The van der Waals surface area contributed by atoms with Crippen LogP contribution in [-0.2, 0) is 0 Å². The van der Waals surface area contributed by atoms with Crippen LogP contribution in [0.15, 0.2) is 109 Å². The van der Waals surface area contributed by atoms with Gasteiger partial charge in [-0.05, 0) is 42.9 Å². The van der Waals surface area contributed by atoms with Crippen molar-refractivity contribution >= 4 is 53.6 Å². The van der Waals surface area contributed by atoms with E-state index in [-0.39, 0.29) is 48.4 Å². The Bertz CT molecular complexity index is 1710. The molecule has 2 aliphatic heterocycles. The van der Waals surface area contributed by atoms with E-state index in [9.17, 15) is 9.59 Å². The molecule has 47 heavy (non-hydrogen) atoms. The summed E-state index contributed by atoms with van der Waals surface area (Å²) in [7, 11) is 2.06. The maximum atomic E-state index is 15.9. The van der Waals surface area contributed by atoms with Crippen molar-refractivity contribution in [2.24, 2.45) is 0 Å². The Morgan fingerprint density at radius 1 is 0.766 bits per heavy atom. The monoisotopic (exact) mass is 678 g/mol. The lowest BCUT2D eigenvalue weighted by molar-refractivity contribution is 0.0596. The smallest absolute Gasteiger partial charge is 0.275 e. The van der Waals surface area contributed by atoms with Gasteiger partial charge in [0.1, 0.15) is 0 Å². The molecule has 2 aliphatic rings. The number of anilines is 2. The highest BCUT2D eigenvalue weighted by Gasteiger charge is 2.41. The molecule has 1 fully saturated rings. The molecule has 6 rings (SSSR count). The number of nitrogens with one attached hydrogen (secondary N) is 1. The Kier molecular flexibility index (Phi) is 11.9. The van der Waals surface area contributed by atoms with Crippen molar-refractivity contribution in [1.29, 1.82) is 0 Å². The van der Waals surface area contributed by atoms with Gasteiger partial charge >= 0.3 is 0 Å².